The Morgan fingerprint density at radius 2 is 0.873 bits per heavy atom. The molecular formula is C53H52N2. The summed E-state index contributed by atoms with van der Waals surface area (Å²) in [6.45, 7) is 10.0. The van der Waals surface area contributed by atoms with Crippen LogP contribution in [0.3, 0.4) is 0 Å². The van der Waals surface area contributed by atoms with E-state index in [0.717, 1.165) is 6.42 Å². The summed E-state index contributed by atoms with van der Waals surface area (Å²) in [4.78, 5) is 5.36. The van der Waals surface area contributed by atoms with Crippen LogP contribution in [0.4, 0.5) is 22.7 Å². The number of rotatable bonds is 4. The van der Waals surface area contributed by atoms with Gasteiger partial charge in [0.1, 0.15) is 0 Å². The monoisotopic (exact) mass is 716 g/mol. The van der Waals surface area contributed by atoms with Crippen LogP contribution in [0.25, 0.3) is 33.4 Å². The molecule has 0 saturated heterocycles. The zero-order valence-electron chi connectivity index (χ0n) is 32.9. The zero-order valence-corrected chi connectivity index (χ0v) is 32.9. The van der Waals surface area contributed by atoms with Gasteiger partial charge in [-0.3, -0.25) is 0 Å². The highest BCUT2D eigenvalue weighted by Crippen LogP contribution is 2.61. The van der Waals surface area contributed by atoms with Crippen LogP contribution in [0, 0.1) is 11.8 Å². The Labute approximate surface area is 327 Å². The molecule has 3 aliphatic carbocycles. The van der Waals surface area contributed by atoms with Crippen LogP contribution in [0.5, 0.6) is 0 Å². The van der Waals surface area contributed by atoms with Crippen molar-refractivity contribution in [2.24, 2.45) is 11.8 Å². The van der Waals surface area contributed by atoms with Gasteiger partial charge < -0.3 is 9.80 Å². The number of benzene rings is 6. The topological polar surface area (TPSA) is 6.48 Å². The van der Waals surface area contributed by atoms with Crippen molar-refractivity contribution in [2.75, 3.05) is 9.80 Å². The lowest BCUT2D eigenvalue weighted by atomic mass is 9.67. The summed E-state index contributed by atoms with van der Waals surface area (Å²) in [5.74, 6) is 2.39. The Morgan fingerprint density at radius 1 is 0.473 bits per heavy atom. The van der Waals surface area contributed by atoms with Gasteiger partial charge in [-0.1, -0.05) is 112 Å². The summed E-state index contributed by atoms with van der Waals surface area (Å²) in [6.07, 6.45) is 8.66. The largest absolute Gasteiger partial charge is 0.335 e. The molecule has 2 heteroatoms. The van der Waals surface area contributed by atoms with Crippen molar-refractivity contribution >= 4 is 22.7 Å². The minimum atomic E-state index is 0.103. The normalized spacial score (nSPS) is 27.2. The van der Waals surface area contributed by atoms with Gasteiger partial charge >= 0.3 is 0 Å². The molecule has 0 radical (unpaired) electrons. The SMILES string of the molecule is CC1CCCC2(C)C1c1cc(-c3ccc4c(c3)Cc3cc(-c5ccc6c(c5)C5C(C)CCCC5(C)N6c5ccccc5)ccc3-4)ccc1N2c1ccccc1. The molecule has 6 aromatic carbocycles. The lowest BCUT2D eigenvalue weighted by molar-refractivity contribution is 0.223. The number of hydrogen-bond donors (Lipinski definition) is 0. The zero-order chi connectivity index (χ0) is 37.1. The molecule has 55 heavy (non-hydrogen) atoms. The summed E-state index contributed by atoms with van der Waals surface area (Å²) >= 11 is 0. The highest BCUT2D eigenvalue weighted by Gasteiger charge is 2.53. The van der Waals surface area contributed by atoms with E-state index in [-0.39, 0.29) is 11.1 Å². The van der Waals surface area contributed by atoms with Gasteiger partial charge in [0.2, 0.25) is 0 Å². The summed E-state index contributed by atoms with van der Waals surface area (Å²) < 4.78 is 0. The number of anilines is 4. The number of hydrogen-bond acceptors (Lipinski definition) is 2. The Balaban J connectivity index is 0.919. The molecule has 0 bridgehead atoms. The van der Waals surface area contributed by atoms with Crippen molar-refractivity contribution in [2.45, 2.75) is 95.6 Å². The molecule has 2 nitrogen and oxygen atoms in total. The van der Waals surface area contributed by atoms with Crippen molar-refractivity contribution in [1.82, 2.24) is 0 Å². The van der Waals surface area contributed by atoms with E-state index in [0.29, 0.717) is 23.7 Å². The van der Waals surface area contributed by atoms with Gasteiger partial charge in [0.25, 0.3) is 0 Å². The third-order valence-corrected chi connectivity index (χ3v) is 15.0. The van der Waals surface area contributed by atoms with Crippen LogP contribution in [-0.2, 0) is 6.42 Å². The fraction of sp³-hybridized carbons (Fsp3) is 0.321. The molecule has 2 aliphatic heterocycles. The number of nitrogens with zero attached hydrogens (tertiary/aromatic N) is 2. The van der Waals surface area contributed by atoms with E-state index in [1.54, 1.807) is 0 Å². The molecule has 274 valence electrons. The lowest BCUT2D eigenvalue weighted by Crippen LogP contribution is -2.47. The van der Waals surface area contributed by atoms with Crippen molar-refractivity contribution in [3.63, 3.8) is 0 Å². The van der Waals surface area contributed by atoms with Crippen LogP contribution < -0.4 is 9.80 Å². The predicted octanol–water partition coefficient (Wildman–Crippen LogP) is 14.2. The molecule has 2 fully saturated rings. The Hall–Kier alpha value is -5.08. The first-order valence-corrected chi connectivity index (χ1v) is 21.1. The van der Waals surface area contributed by atoms with E-state index in [4.69, 9.17) is 0 Å². The van der Waals surface area contributed by atoms with Crippen LogP contribution in [0.2, 0.25) is 0 Å². The second kappa shape index (κ2) is 12.2. The average molecular weight is 717 g/mol. The maximum Gasteiger partial charge on any atom is 0.0495 e. The summed E-state index contributed by atoms with van der Waals surface area (Å²) in [5, 5.41) is 0. The number of fused-ring (bicyclic) bond motifs is 9. The van der Waals surface area contributed by atoms with Crippen molar-refractivity contribution < 1.29 is 0 Å². The van der Waals surface area contributed by atoms with Crippen LogP contribution in [-0.4, -0.2) is 11.1 Å². The van der Waals surface area contributed by atoms with Gasteiger partial charge in [0.15, 0.2) is 0 Å². The fourth-order valence-corrected chi connectivity index (χ4v) is 12.7. The minimum absolute atomic E-state index is 0.103. The molecule has 6 unspecified atom stereocenters. The van der Waals surface area contributed by atoms with E-state index in [1.165, 1.54) is 117 Å². The Bertz CT molecular complexity index is 2290. The molecule has 5 aliphatic rings. The fourth-order valence-electron chi connectivity index (χ4n) is 12.7. The summed E-state index contributed by atoms with van der Waals surface area (Å²) in [6, 6.07) is 51.4. The van der Waals surface area contributed by atoms with Gasteiger partial charge in [0.05, 0.1) is 0 Å². The molecular weight excluding hydrogens is 665 g/mol. The Morgan fingerprint density at radius 3 is 1.31 bits per heavy atom. The molecule has 11 rings (SSSR count). The summed E-state index contributed by atoms with van der Waals surface area (Å²) in [5.41, 5.74) is 19.8. The van der Waals surface area contributed by atoms with E-state index in [2.05, 4.69) is 171 Å². The molecule has 0 spiro atoms. The van der Waals surface area contributed by atoms with E-state index in [1.807, 2.05) is 0 Å². The smallest absolute Gasteiger partial charge is 0.0495 e. The van der Waals surface area contributed by atoms with Gasteiger partial charge in [0, 0.05) is 45.7 Å². The lowest BCUT2D eigenvalue weighted by Gasteiger charge is -2.46. The minimum Gasteiger partial charge on any atom is -0.335 e. The van der Waals surface area contributed by atoms with Crippen molar-refractivity contribution in [3.05, 3.63) is 156 Å². The second-order valence-corrected chi connectivity index (χ2v) is 18.2. The standard InChI is InChI=1S/C53H52N2/c1-34-13-11-27-52(3)50(34)46-32-38(21-25-48(46)54(52)42-15-7-5-8-16-42)36-19-23-44-40(29-36)31-41-30-37(20-24-45(41)44)39-22-26-49-47(33-39)51-35(2)14-12-28-53(51,4)55(49)43-17-9-6-10-18-43/h5-10,15-26,29-30,32-35,50-51H,11-14,27-28,31H2,1-4H3. The van der Waals surface area contributed by atoms with E-state index >= 15 is 0 Å². The first-order chi connectivity index (χ1) is 26.8. The van der Waals surface area contributed by atoms with Gasteiger partial charge in [-0.2, -0.15) is 0 Å². The molecule has 2 heterocycles. The molecule has 0 amide bonds. The average Bonchev–Trinajstić information content (AvgIpc) is 3.80. The van der Waals surface area contributed by atoms with E-state index < -0.39 is 0 Å². The quantitative estimate of drug-likeness (QED) is 0.179. The third kappa shape index (κ3) is 4.86. The molecule has 0 N–H and O–H groups in total. The maximum atomic E-state index is 2.68. The third-order valence-electron chi connectivity index (χ3n) is 15.0. The summed E-state index contributed by atoms with van der Waals surface area (Å²) in [7, 11) is 0. The van der Waals surface area contributed by atoms with Crippen molar-refractivity contribution in [1.29, 1.82) is 0 Å². The highest BCUT2D eigenvalue weighted by molar-refractivity contribution is 5.85. The van der Waals surface area contributed by atoms with Crippen LogP contribution in [0.1, 0.15) is 100 Å². The molecule has 6 aromatic rings. The molecule has 0 aromatic heterocycles. The first-order valence-electron chi connectivity index (χ1n) is 21.1. The molecule has 6 atom stereocenters. The van der Waals surface area contributed by atoms with Gasteiger partial charge in [-0.25, -0.2) is 0 Å². The Kier molecular flexibility index (Phi) is 7.39. The maximum absolute atomic E-state index is 2.68. The van der Waals surface area contributed by atoms with Gasteiger partial charge in [-0.05, 0) is 162 Å². The van der Waals surface area contributed by atoms with Gasteiger partial charge in [-0.15, -0.1) is 0 Å². The van der Waals surface area contributed by atoms with Crippen LogP contribution in [0.15, 0.2) is 133 Å². The van der Waals surface area contributed by atoms with Crippen LogP contribution >= 0.6 is 0 Å². The van der Waals surface area contributed by atoms with Crippen molar-refractivity contribution in [3.8, 4) is 33.4 Å². The molecule has 2 saturated carbocycles. The second-order valence-electron chi connectivity index (χ2n) is 18.2. The number of para-hydroxylation sites is 2. The highest BCUT2D eigenvalue weighted by atomic mass is 15.2. The first kappa shape index (κ1) is 33.3. The predicted molar refractivity (Wildman–Crippen MR) is 231 cm³/mol. The van der Waals surface area contributed by atoms with E-state index in [9.17, 15) is 0 Å².